The van der Waals surface area contributed by atoms with Gasteiger partial charge in [-0.3, -0.25) is 9.59 Å². The van der Waals surface area contributed by atoms with Crippen LogP contribution in [0, 0.1) is 0 Å². The van der Waals surface area contributed by atoms with E-state index in [0.29, 0.717) is 28.3 Å². The Morgan fingerprint density at radius 1 is 0.789 bits per heavy atom. The van der Waals surface area contributed by atoms with E-state index in [9.17, 15) is 18.7 Å². The maximum atomic E-state index is 13.0. The van der Waals surface area contributed by atoms with Gasteiger partial charge in [0.1, 0.15) is 0 Å². The summed E-state index contributed by atoms with van der Waals surface area (Å²) in [5, 5.41) is 0. The summed E-state index contributed by atoms with van der Waals surface area (Å²) in [5.74, 6) is -0.114. The van der Waals surface area contributed by atoms with Gasteiger partial charge in [0.2, 0.25) is 0 Å². The lowest BCUT2D eigenvalue weighted by Crippen LogP contribution is -2.36. The van der Waals surface area contributed by atoms with Crippen LogP contribution in [0.2, 0.25) is 0 Å². The van der Waals surface area contributed by atoms with E-state index in [0.717, 1.165) is 44.6 Å². The Morgan fingerprint density at radius 3 is 1.74 bits per heavy atom. The number of fused-ring (bicyclic) bond motifs is 2. The fraction of sp³-hybridized carbons (Fsp3) is 0.440. The molecule has 1 unspecified atom stereocenters. The Hall–Kier alpha value is -2.20. The van der Waals surface area contributed by atoms with Crippen molar-refractivity contribution in [1.82, 2.24) is 4.90 Å². The molecule has 1 aliphatic carbocycles. The number of carbonyl (C=O) groups excluding carboxylic acids is 2. The fourth-order valence-corrected chi connectivity index (χ4v) is 5.50. The minimum atomic E-state index is -5.05. The van der Waals surface area contributed by atoms with Crippen molar-refractivity contribution in [2.45, 2.75) is 46.1 Å². The van der Waals surface area contributed by atoms with Crippen molar-refractivity contribution >= 4 is 32.9 Å². The number of hydrogen-bond donors (Lipinski definition) is 4. The van der Waals surface area contributed by atoms with Crippen molar-refractivity contribution in [2.75, 3.05) is 31.6 Å². The Balaban J connectivity index is 0.000000484. The van der Waals surface area contributed by atoms with Gasteiger partial charge in [-0.05, 0) is 44.1 Å². The van der Waals surface area contributed by atoms with Crippen molar-refractivity contribution in [3.05, 3.63) is 64.7 Å². The second kappa shape index (κ2) is 13.7. The van der Waals surface area contributed by atoms with E-state index in [1.165, 1.54) is 0 Å². The zero-order valence-electron chi connectivity index (χ0n) is 22.0. The molecule has 0 amide bonds. The topological polar surface area (TPSA) is 165 Å². The number of ketones is 2. The van der Waals surface area contributed by atoms with Crippen LogP contribution in [-0.2, 0) is 13.4 Å². The molecule has 0 spiro atoms. The van der Waals surface area contributed by atoms with Crippen LogP contribution in [0.3, 0.4) is 0 Å². The highest BCUT2D eigenvalue weighted by Crippen LogP contribution is 2.53. The van der Waals surface area contributed by atoms with Crippen LogP contribution in [0.15, 0.2) is 42.5 Å². The minimum Gasteiger partial charge on any atom is -0.372 e. The minimum absolute atomic E-state index is 0.0550. The second-order valence-electron chi connectivity index (χ2n) is 8.87. The zero-order valence-corrected chi connectivity index (χ0v) is 23.8. The highest BCUT2D eigenvalue weighted by molar-refractivity contribution is 7.60. The van der Waals surface area contributed by atoms with Gasteiger partial charge in [0.25, 0.3) is 0 Å². The van der Waals surface area contributed by atoms with Crippen molar-refractivity contribution in [2.24, 2.45) is 0 Å². The summed E-state index contributed by atoms with van der Waals surface area (Å²) in [6.45, 7) is 9.81. The molecule has 38 heavy (non-hydrogen) atoms. The summed E-state index contributed by atoms with van der Waals surface area (Å²) in [6.07, 6.45) is 3.30. The molecule has 11 nitrogen and oxygen atoms in total. The van der Waals surface area contributed by atoms with Crippen molar-refractivity contribution in [3.8, 4) is 0 Å². The molecule has 210 valence electrons. The molecular weight excluding hydrogens is 534 g/mol. The third kappa shape index (κ3) is 8.93. The number of phosphoric acid groups is 2. The van der Waals surface area contributed by atoms with Gasteiger partial charge in [-0.2, -0.15) is 4.31 Å². The number of rotatable bonds is 11. The molecule has 0 aromatic heterocycles. The average molecular weight is 571 g/mol. The van der Waals surface area contributed by atoms with Gasteiger partial charge in [-0.1, -0.05) is 51.5 Å². The summed E-state index contributed by atoms with van der Waals surface area (Å²) in [7, 11) is -8.00. The van der Waals surface area contributed by atoms with E-state index in [1.54, 1.807) is 12.1 Å². The third-order valence-electron chi connectivity index (χ3n) is 6.37. The molecule has 1 aliphatic rings. The van der Waals surface area contributed by atoms with Gasteiger partial charge in [0.05, 0.1) is 0 Å². The quantitative estimate of drug-likeness (QED) is 0.246. The van der Waals surface area contributed by atoms with Crippen LogP contribution in [0.5, 0.6) is 0 Å². The SMILES string of the molecule is CCCC(CCN(CC)CC)N(C)c1ccc2c(c1)C(=O)c1ccccc1C2=O.O=P(O)(O)OP(=O)(O)O. The monoisotopic (exact) mass is 570 g/mol. The number of nitrogens with zero attached hydrogens (tertiary/aromatic N) is 2. The summed E-state index contributed by atoms with van der Waals surface area (Å²) in [4.78, 5) is 61.6. The van der Waals surface area contributed by atoms with Gasteiger partial charge >= 0.3 is 15.6 Å². The van der Waals surface area contributed by atoms with Gasteiger partial charge in [0.15, 0.2) is 11.6 Å². The smallest absolute Gasteiger partial charge is 0.372 e. The van der Waals surface area contributed by atoms with Gasteiger partial charge in [-0.15, -0.1) is 0 Å². The summed E-state index contributed by atoms with van der Waals surface area (Å²) < 4.78 is 22.2. The number of anilines is 1. The first-order valence-electron chi connectivity index (χ1n) is 12.3. The van der Waals surface area contributed by atoms with E-state index in [2.05, 4.69) is 41.9 Å². The summed E-state index contributed by atoms with van der Waals surface area (Å²) in [5.41, 5.74) is 3.06. The molecular formula is C25H36N2O9P2. The highest BCUT2D eigenvalue weighted by atomic mass is 31.3. The molecule has 13 heteroatoms. The first-order valence-corrected chi connectivity index (χ1v) is 15.4. The Kier molecular flexibility index (Phi) is 11.6. The van der Waals surface area contributed by atoms with E-state index in [-0.39, 0.29) is 11.6 Å². The van der Waals surface area contributed by atoms with E-state index >= 15 is 0 Å². The normalized spacial score (nSPS) is 13.9. The van der Waals surface area contributed by atoms with Crippen LogP contribution >= 0.6 is 15.6 Å². The highest BCUT2D eigenvalue weighted by Gasteiger charge is 2.30. The van der Waals surface area contributed by atoms with E-state index < -0.39 is 15.6 Å². The van der Waals surface area contributed by atoms with Crippen LogP contribution in [0.4, 0.5) is 5.69 Å². The second-order valence-corrected chi connectivity index (χ2v) is 11.5. The molecule has 0 bridgehead atoms. The number of carbonyl (C=O) groups is 2. The van der Waals surface area contributed by atoms with Crippen molar-refractivity contribution in [3.63, 3.8) is 0 Å². The Morgan fingerprint density at radius 2 is 1.29 bits per heavy atom. The molecule has 0 aliphatic heterocycles. The predicted molar refractivity (Wildman–Crippen MR) is 144 cm³/mol. The van der Waals surface area contributed by atoms with Crippen molar-refractivity contribution in [1.29, 1.82) is 0 Å². The molecule has 0 saturated heterocycles. The van der Waals surface area contributed by atoms with Gasteiger partial charge in [-0.25, -0.2) is 9.13 Å². The summed E-state index contributed by atoms with van der Waals surface area (Å²) >= 11 is 0. The first kappa shape index (κ1) is 32.0. The zero-order chi connectivity index (χ0) is 28.7. The Labute approximate surface area is 222 Å². The molecule has 0 saturated carbocycles. The van der Waals surface area contributed by atoms with Crippen LogP contribution in [-0.4, -0.2) is 68.8 Å². The van der Waals surface area contributed by atoms with Gasteiger partial charge < -0.3 is 29.4 Å². The lowest BCUT2D eigenvalue weighted by atomic mass is 9.84. The molecule has 2 aromatic rings. The maximum absolute atomic E-state index is 13.0. The lowest BCUT2D eigenvalue weighted by molar-refractivity contribution is 0.0979. The number of benzene rings is 2. The summed E-state index contributed by atoms with van der Waals surface area (Å²) in [6, 6.07) is 13.2. The Bertz CT molecular complexity index is 1200. The van der Waals surface area contributed by atoms with Gasteiger partial charge in [0, 0.05) is 47.6 Å². The fourth-order valence-electron chi connectivity index (χ4n) is 4.39. The lowest BCUT2D eigenvalue weighted by Gasteiger charge is -2.32. The van der Waals surface area contributed by atoms with Crippen molar-refractivity contribution < 1.29 is 42.6 Å². The van der Waals surface area contributed by atoms with Crippen LogP contribution in [0.1, 0.15) is 71.9 Å². The molecule has 3 rings (SSSR count). The molecule has 0 fully saturated rings. The maximum Gasteiger partial charge on any atom is 0.478 e. The molecule has 1 atom stereocenters. The van der Waals surface area contributed by atoms with E-state index in [1.807, 2.05) is 30.3 Å². The average Bonchev–Trinajstić information content (AvgIpc) is 2.84. The third-order valence-corrected chi connectivity index (χ3v) is 8.07. The van der Waals surface area contributed by atoms with E-state index in [4.69, 9.17) is 19.6 Å². The largest absolute Gasteiger partial charge is 0.478 e. The number of hydrogen-bond acceptors (Lipinski definition) is 7. The molecule has 2 aromatic carbocycles. The van der Waals surface area contributed by atoms with Crippen LogP contribution in [0.25, 0.3) is 0 Å². The first-order chi connectivity index (χ1) is 17.7. The molecule has 0 heterocycles. The predicted octanol–water partition coefficient (Wildman–Crippen LogP) is 3.99. The molecule has 0 radical (unpaired) electrons. The standard InChI is InChI=1S/C25H32N2O2.H4O7P2/c1-5-10-18(15-16-27(6-2)7-3)26(4)19-13-14-22-23(17-19)25(29)21-12-9-8-11-20(21)24(22)28;1-8(2,3)7-9(4,5)6/h8-9,11-14,17-18H,5-7,10,15-16H2,1-4H3;(H2,1,2,3)(H2,4,5,6). The molecule has 4 N–H and O–H groups in total. The van der Waals surface area contributed by atoms with Crippen LogP contribution < -0.4 is 4.90 Å².